The molecule has 0 saturated heterocycles. The zero-order valence-electron chi connectivity index (χ0n) is 17.5. The van der Waals surface area contributed by atoms with E-state index in [-0.39, 0.29) is 0 Å². The highest BCUT2D eigenvalue weighted by Gasteiger charge is 2.28. The van der Waals surface area contributed by atoms with E-state index in [1.807, 2.05) is 32.1 Å². The summed E-state index contributed by atoms with van der Waals surface area (Å²) in [6.45, 7) is 7.50. The molecular weight excluding hydrogens is 364 g/mol. The second-order valence-corrected chi connectivity index (χ2v) is 6.82. The number of fused-ring (bicyclic) bond motifs is 1. The average molecular weight is 396 g/mol. The molecule has 1 aromatic carbocycles. The van der Waals surface area contributed by atoms with Gasteiger partial charge in [0.05, 0.1) is 66.0 Å². The molecule has 0 N–H and O–H groups in total. The first-order chi connectivity index (χ1) is 13.5. The van der Waals surface area contributed by atoms with Crippen molar-refractivity contribution in [3.05, 3.63) is 23.3 Å². The Morgan fingerprint density at radius 3 is 2.11 bits per heavy atom. The number of hydrogen-bond donors (Lipinski definition) is 0. The number of benzene rings is 1. The molecule has 1 heterocycles. The molecule has 0 spiro atoms. The van der Waals surface area contributed by atoms with Crippen molar-refractivity contribution in [1.82, 2.24) is 0 Å². The largest absolute Gasteiger partial charge is 0.493 e. The third kappa shape index (κ3) is 6.38. The van der Waals surface area contributed by atoms with Gasteiger partial charge in [0.2, 0.25) is 0 Å². The van der Waals surface area contributed by atoms with Crippen molar-refractivity contribution in [3.8, 4) is 17.2 Å². The van der Waals surface area contributed by atoms with Crippen LogP contribution in [0.5, 0.6) is 17.2 Å². The van der Waals surface area contributed by atoms with Gasteiger partial charge < -0.3 is 33.2 Å². The molecule has 158 valence electrons. The monoisotopic (exact) mass is 396 g/mol. The summed E-state index contributed by atoms with van der Waals surface area (Å²) >= 11 is 0. The van der Waals surface area contributed by atoms with Crippen LogP contribution < -0.4 is 14.2 Å². The normalized spacial score (nSPS) is 14.5. The van der Waals surface area contributed by atoms with Crippen LogP contribution in [0.1, 0.15) is 25.0 Å². The van der Waals surface area contributed by atoms with Crippen molar-refractivity contribution in [2.45, 2.75) is 26.1 Å². The molecule has 0 atom stereocenters. The molecule has 7 heteroatoms. The van der Waals surface area contributed by atoms with Gasteiger partial charge in [-0.2, -0.15) is 0 Å². The quantitative estimate of drug-likeness (QED) is 0.475. The zero-order chi connectivity index (χ0) is 20.4. The summed E-state index contributed by atoms with van der Waals surface area (Å²) in [6.07, 6.45) is 4.06. The predicted molar refractivity (Wildman–Crippen MR) is 106 cm³/mol. The van der Waals surface area contributed by atoms with E-state index in [4.69, 9.17) is 33.2 Å². The van der Waals surface area contributed by atoms with Gasteiger partial charge in [0.25, 0.3) is 0 Å². The molecule has 0 amide bonds. The van der Waals surface area contributed by atoms with Gasteiger partial charge in [-0.15, -0.1) is 0 Å². The second kappa shape index (κ2) is 11.3. The van der Waals surface area contributed by atoms with E-state index < -0.39 is 5.60 Å². The molecule has 0 radical (unpaired) electrons. The van der Waals surface area contributed by atoms with E-state index in [2.05, 4.69) is 0 Å². The Morgan fingerprint density at radius 2 is 1.50 bits per heavy atom. The summed E-state index contributed by atoms with van der Waals surface area (Å²) in [5.41, 5.74) is 1.38. The fraction of sp³-hybridized carbons (Fsp3) is 0.619. The summed E-state index contributed by atoms with van der Waals surface area (Å²) in [5, 5.41) is 0. The lowest BCUT2D eigenvalue weighted by Crippen LogP contribution is -2.28. The lowest BCUT2D eigenvalue weighted by atomic mass is 9.99. The van der Waals surface area contributed by atoms with E-state index in [0.29, 0.717) is 57.7 Å². The first-order valence-electron chi connectivity index (χ1n) is 9.40. The summed E-state index contributed by atoms with van der Waals surface area (Å²) < 4.78 is 38.8. The molecule has 0 saturated carbocycles. The third-order valence-electron chi connectivity index (χ3n) is 4.20. The molecule has 0 aliphatic carbocycles. The fourth-order valence-corrected chi connectivity index (χ4v) is 2.79. The van der Waals surface area contributed by atoms with E-state index in [9.17, 15) is 0 Å². The maximum atomic E-state index is 6.17. The molecular formula is C21H32O7. The molecule has 0 aromatic heterocycles. The Bertz CT molecular complexity index is 640. The van der Waals surface area contributed by atoms with Gasteiger partial charge in [0.1, 0.15) is 11.4 Å². The van der Waals surface area contributed by atoms with Crippen molar-refractivity contribution >= 4 is 6.08 Å². The van der Waals surface area contributed by atoms with Crippen molar-refractivity contribution < 1.29 is 33.2 Å². The van der Waals surface area contributed by atoms with Gasteiger partial charge in [0, 0.05) is 12.7 Å². The molecule has 7 nitrogen and oxygen atoms in total. The molecule has 1 aromatic rings. The van der Waals surface area contributed by atoms with Crippen molar-refractivity contribution in [1.29, 1.82) is 0 Å². The van der Waals surface area contributed by atoms with Gasteiger partial charge >= 0.3 is 0 Å². The Kier molecular flexibility index (Phi) is 9.05. The average Bonchev–Trinajstić information content (AvgIpc) is 2.68. The van der Waals surface area contributed by atoms with Gasteiger partial charge in [-0.25, -0.2) is 0 Å². The molecule has 0 bridgehead atoms. The van der Waals surface area contributed by atoms with Crippen LogP contribution in [-0.4, -0.2) is 66.6 Å². The minimum atomic E-state index is -0.396. The van der Waals surface area contributed by atoms with E-state index in [0.717, 1.165) is 16.9 Å². The van der Waals surface area contributed by atoms with Crippen molar-refractivity contribution in [2.75, 3.05) is 61.0 Å². The van der Waals surface area contributed by atoms with Crippen molar-refractivity contribution in [2.24, 2.45) is 0 Å². The fourth-order valence-electron chi connectivity index (χ4n) is 2.79. The number of hydrogen-bond acceptors (Lipinski definition) is 7. The highest BCUT2D eigenvalue weighted by atomic mass is 16.6. The highest BCUT2D eigenvalue weighted by molar-refractivity contribution is 5.69. The van der Waals surface area contributed by atoms with Crippen LogP contribution in [-0.2, 0) is 25.6 Å². The maximum Gasteiger partial charge on any atom is 0.169 e. The standard InChI is InChI=1S/C21H32O7/c1-21(2)7-6-16-14-18(23-4)20(24-5)17(19(16)28-21)15-27-13-12-26-11-10-25-9-8-22-3/h6-7,14H,8-13,15H2,1-5H3. The Hall–Kier alpha value is -1.80. The topological polar surface area (TPSA) is 64.6 Å². The molecule has 2 rings (SSSR count). The summed E-state index contributed by atoms with van der Waals surface area (Å²) in [4.78, 5) is 0. The SMILES string of the molecule is COCCOCCOCCOCc1c2c(cc(OC)c1OC)C=CC(C)(C)O2. The van der Waals surface area contributed by atoms with Crippen LogP contribution >= 0.6 is 0 Å². The summed E-state index contributed by atoms with van der Waals surface area (Å²) in [5.74, 6) is 2.04. The Balaban J connectivity index is 1.91. The summed E-state index contributed by atoms with van der Waals surface area (Å²) in [6, 6.07) is 1.91. The Morgan fingerprint density at radius 1 is 0.857 bits per heavy atom. The zero-order valence-corrected chi connectivity index (χ0v) is 17.5. The maximum absolute atomic E-state index is 6.17. The third-order valence-corrected chi connectivity index (χ3v) is 4.20. The van der Waals surface area contributed by atoms with Gasteiger partial charge in [-0.3, -0.25) is 0 Å². The molecule has 28 heavy (non-hydrogen) atoms. The van der Waals surface area contributed by atoms with E-state index >= 15 is 0 Å². The first-order valence-corrected chi connectivity index (χ1v) is 9.40. The van der Waals surface area contributed by atoms with Crippen LogP contribution in [0.4, 0.5) is 0 Å². The van der Waals surface area contributed by atoms with Crippen LogP contribution in [0, 0.1) is 0 Å². The molecule has 0 unspecified atom stereocenters. The predicted octanol–water partition coefficient (Wildman–Crippen LogP) is 3.08. The van der Waals surface area contributed by atoms with Gasteiger partial charge in [-0.1, -0.05) is 6.08 Å². The van der Waals surface area contributed by atoms with Gasteiger partial charge in [-0.05, 0) is 26.0 Å². The van der Waals surface area contributed by atoms with Crippen molar-refractivity contribution in [3.63, 3.8) is 0 Å². The molecule has 1 aliphatic heterocycles. The lowest BCUT2D eigenvalue weighted by Gasteiger charge is -2.30. The smallest absolute Gasteiger partial charge is 0.169 e. The molecule has 1 aliphatic rings. The summed E-state index contributed by atoms with van der Waals surface area (Å²) in [7, 11) is 4.88. The van der Waals surface area contributed by atoms with Gasteiger partial charge in [0.15, 0.2) is 11.5 Å². The lowest BCUT2D eigenvalue weighted by molar-refractivity contribution is 0.000128. The highest BCUT2D eigenvalue weighted by Crippen LogP contribution is 2.44. The Labute approximate surface area is 167 Å². The molecule has 0 fully saturated rings. The number of rotatable bonds is 13. The van der Waals surface area contributed by atoms with Crippen LogP contribution in [0.2, 0.25) is 0 Å². The van der Waals surface area contributed by atoms with E-state index in [1.54, 1.807) is 21.3 Å². The minimum Gasteiger partial charge on any atom is -0.493 e. The second-order valence-electron chi connectivity index (χ2n) is 6.82. The number of methoxy groups -OCH3 is 3. The van der Waals surface area contributed by atoms with Crippen LogP contribution in [0.25, 0.3) is 6.08 Å². The first kappa shape index (κ1) is 22.5. The minimum absolute atomic E-state index is 0.334. The van der Waals surface area contributed by atoms with Crippen LogP contribution in [0.3, 0.4) is 0 Å². The number of ether oxygens (including phenoxy) is 7. The van der Waals surface area contributed by atoms with E-state index in [1.165, 1.54) is 0 Å². The van der Waals surface area contributed by atoms with Crippen LogP contribution in [0.15, 0.2) is 12.1 Å².